The molecule has 0 saturated carbocycles. The molecule has 0 aliphatic heterocycles. The molecule has 0 atom stereocenters. The lowest BCUT2D eigenvalue weighted by atomic mass is 10.2. The predicted octanol–water partition coefficient (Wildman–Crippen LogP) is 6.67. The third-order valence-corrected chi connectivity index (χ3v) is 16.3. The summed E-state index contributed by atoms with van der Waals surface area (Å²) in [6.07, 6.45) is 0. The molecule has 0 aromatic heterocycles. The molecule has 0 N–H and O–H groups in total. The van der Waals surface area contributed by atoms with Gasteiger partial charge in [0.1, 0.15) is 0 Å². The van der Waals surface area contributed by atoms with E-state index in [0.717, 1.165) is 0 Å². The van der Waals surface area contributed by atoms with Gasteiger partial charge in [-0.2, -0.15) is 0 Å². The maximum atomic E-state index is 2.54. The van der Waals surface area contributed by atoms with Crippen LogP contribution in [0.1, 0.15) is 66.5 Å². The molecule has 3 aromatic carbocycles. The maximum Gasteiger partial charge on any atom is 0.156 e. The summed E-state index contributed by atoms with van der Waals surface area (Å²) in [4.78, 5) is 0. The Kier molecular flexibility index (Phi) is 9.96. The highest BCUT2D eigenvalue weighted by molar-refractivity contribution is 7.68. The Labute approximate surface area is 220 Å². The van der Waals surface area contributed by atoms with E-state index in [1.54, 1.807) is 21.0 Å². The van der Waals surface area contributed by atoms with Crippen LogP contribution >= 0.6 is 15.8 Å². The minimum atomic E-state index is -1.16. The highest BCUT2D eigenvalue weighted by atomic mass is 31.1. The second kappa shape index (κ2) is 12.3. The Hall–Kier alpha value is -1.26. The second-order valence-corrected chi connectivity index (χ2v) is 20.1. The fourth-order valence-corrected chi connectivity index (χ4v) is 15.6. The van der Waals surface area contributed by atoms with E-state index in [4.69, 9.17) is 0 Å². The molecule has 0 bridgehead atoms. The molecule has 1 radical (unpaired) electrons. The van der Waals surface area contributed by atoms with Crippen LogP contribution in [0.3, 0.4) is 0 Å². The summed E-state index contributed by atoms with van der Waals surface area (Å²) >= 11 is 0. The van der Waals surface area contributed by atoms with Crippen molar-refractivity contribution in [2.45, 2.75) is 91.9 Å². The van der Waals surface area contributed by atoms with Crippen LogP contribution in [0.25, 0.3) is 0 Å². The largest absolute Gasteiger partial charge is 0.156 e. The van der Waals surface area contributed by atoms with Crippen LogP contribution in [0.5, 0.6) is 0 Å². The Bertz CT molecular complexity index is 1020. The average Bonchev–Trinajstić information content (AvgIpc) is 2.76. The van der Waals surface area contributed by atoms with Crippen molar-refractivity contribution in [1.29, 1.82) is 0 Å². The van der Waals surface area contributed by atoms with Crippen molar-refractivity contribution in [3.8, 4) is 0 Å². The standard InChI is InChI=1S/C32H45P2Si/c1-22(2)33(23(3)4)29-20-26(9)16-18-31(29)35(28-14-12-11-13-15-28)32-19-17-27(10)21-30(32)34(24(5)6)25(7)8/h11-25H,1-10H3. The van der Waals surface area contributed by atoms with E-state index in [-0.39, 0.29) is 15.8 Å². The highest BCUT2D eigenvalue weighted by Gasteiger charge is 2.32. The lowest BCUT2D eigenvalue weighted by Crippen LogP contribution is -2.60. The number of aryl methyl sites for hydroxylation is 2. The molecule has 0 amide bonds. The molecule has 0 aliphatic rings. The van der Waals surface area contributed by atoms with Gasteiger partial charge < -0.3 is 0 Å². The number of benzene rings is 3. The van der Waals surface area contributed by atoms with Gasteiger partial charge in [-0.15, -0.1) is 0 Å². The zero-order valence-corrected chi connectivity index (χ0v) is 26.3. The van der Waals surface area contributed by atoms with Crippen LogP contribution in [0, 0.1) is 13.8 Å². The van der Waals surface area contributed by atoms with Crippen molar-refractivity contribution in [2.24, 2.45) is 0 Å². The molecule has 0 saturated heterocycles. The van der Waals surface area contributed by atoms with Gasteiger partial charge in [-0.1, -0.05) is 154 Å². The van der Waals surface area contributed by atoms with E-state index in [2.05, 4.69) is 136 Å². The molecular formula is C32H45P2Si. The van der Waals surface area contributed by atoms with Crippen LogP contribution in [0.4, 0.5) is 0 Å². The summed E-state index contributed by atoms with van der Waals surface area (Å²) in [5.41, 5.74) is 5.47. The minimum absolute atomic E-state index is 0.249. The predicted molar refractivity (Wildman–Crippen MR) is 167 cm³/mol. The topological polar surface area (TPSA) is 0 Å². The third-order valence-electron chi connectivity index (χ3n) is 6.69. The Morgan fingerprint density at radius 3 is 1.23 bits per heavy atom. The molecule has 0 fully saturated rings. The molecule has 3 heteroatoms. The monoisotopic (exact) mass is 519 g/mol. The van der Waals surface area contributed by atoms with Crippen molar-refractivity contribution < 1.29 is 0 Å². The first kappa shape index (κ1) is 28.3. The van der Waals surface area contributed by atoms with Crippen LogP contribution in [0.15, 0.2) is 66.7 Å². The smallest absolute Gasteiger partial charge is 0.0702 e. The molecule has 35 heavy (non-hydrogen) atoms. The molecule has 0 unspecified atom stereocenters. The molecule has 3 rings (SSSR count). The average molecular weight is 520 g/mol. The van der Waals surface area contributed by atoms with Crippen LogP contribution in [0.2, 0.25) is 0 Å². The van der Waals surface area contributed by atoms with Crippen molar-refractivity contribution >= 4 is 50.8 Å². The summed E-state index contributed by atoms with van der Waals surface area (Å²) in [6.45, 7) is 24.0. The normalized spacial score (nSPS) is 12.4. The fraction of sp³-hybridized carbons (Fsp3) is 0.438. The minimum Gasteiger partial charge on any atom is -0.0702 e. The van der Waals surface area contributed by atoms with Gasteiger partial charge in [0, 0.05) is 0 Å². The SMILES string of the molecule is Cc1ccc([Si](c2ccccc2)c2ccc(C)cc2P(C(C)C)C(C)C)c(P(C(C)C)C(C)C)c1. The van der Waals surface area contributed by atoms with Gasteiger partial charge in [0.2, 0.25) is 0 Å². The lowest BCUT2D eigenvalue weighted by molar-refractivity contribution is 1.02. The van der Waals surface area contributed by atoms with E-state index in [9.17, 15) is 0 Å². The van der Waals surface area contributed by atoms with Gasteiger partial charge in [-0.25, -0.2) is 0 Å². The lowest BCUT2D eigenvalue weighted by Gasteiger charge is -2.34. The van der Waals surface area contributed by atoms with E-state index >= 15 is 0 Å². The molecule has 0 heterocycles. The Morgan fingerprint density at radius 2 is 0.886 bits per heavy atom. The molecule has 0 nitrogen and oxygen atoms in total. The van der Waals surface area contributed by atoms with Crippen molar-refractivity contribution in [2.75, 3.05) is 0 Å². The Morgan fingerprint density at radius 1 is 0.514 bits per heavy atom. The fourth-order valence-electron chi connectivity index (χ4n) is 5.50. The molecule has 0 aliphatic carbocycles. The summed E-state index contributed by atoms with van der Waals surface area (Å²) in [7, 11) is -1.66. The van der Waals surface area contributed by atoms with E-state index in [1.165, 1.54) is 16.3 Å². The maximum absolute atomic E-state index is 2.54. The summed E-state index contributed by atoms with van der Waals surface area (Å²) < 4.78 is 0. The van der Waals surface area contributed by atoms with Crippen LogP contribution in [-0.2, 0) is 0 Å². The van der Waals surface area contributed by atoms with Crippen molar-refractivity contribution in [3.63, 3.8) is 0 Å². The van der Waals surface area contributed by atoms with Gasteiger partial charge in [0.05, 0.1) is 0 Å². The third kappa shape index (κ3) is 6.55. The molecule has 187 valence electrons. The zero-order valence-electron chi connectivity index (χ0n) is 23.6. The van der Waals surface area contributed by atoms with Gasteiger partial charge in [0.25, 0.3) is 0 Å². The van der Waals surface area contributed by atoms with E-state index < -0.39 is 8.80 Å². The quantitative estimate of drug-likeness (QED) is 0.168. The van der Waals surface area contributed by atoms with E-state index in [0.29, 0.717) is 22.6 Å². The van der Waals surface area contributed by atoms with Gasteiger partial charge in [-0.3, -0.25) is 0 Å². The number of rotatable bonds is 9. The first-order chi connectivity index (χ1) is 16.5. The number of hydrogen-bond acceptors (Lipinski definition) is 0. The summed E-state index contributed by atoms with van der Waals surface area (Å²) in [6, 6.07) is 26.2. The van der Waals surface area contributed by atoms with Gasteiger partial charge >= 0.3 is 0 Å². The Balaban J connectivity index is 2.39. The highest BCUT2D eigenvalue weighted by Crippen LogP contribution is 2.45. The molecular weight excluding hydrogens is 474 g/mol. The van der Waals surface area contributed by atoms with Gasteiger partial charge in [-0.05, 0) is 57.5 Å². The van der Waals surface area contributed by atoms with Crippen LogP contribution < -0.4 is 26.2 Å². The summed E-state index contributed by atoms with van der Waals surface area (Å²) in [5, 5.41) is 8.04. The van der Waals surface area contributed by atoms with Crippen LogP contribution in [-0.4, -0.2) is 31.4 Å². The van der Waals surface area contributed by atoms with Crippen molar-refractivity contribution in [3.05, 3.63) is 77.9 Å². The van der Waals surface area contributed by atoms with Gasteiger partial charge in [0.15, 0.2) is 8.80 Å². The molecule has 0 spiro atoms. The summed E-state index contributed by atoms with van der Waals surface area (Å²) in [5.74, 6) is 0. The van der Waals surface area contributed by atoms with E-state index in [1.807, 2.05) is 0 Å². The van der Waals surface area contributed by atoms with Crippen molar-refractivity contribution in [1.82, 2.24) is 0 Å². The zero-order chi connectivity index (χ0) is 25.9. The molecule has 3 aromatic rings. The second-order valence-electron chi connectivity index (χ2n) is 11.0. The first-order valence-electron chi connectivity index (χ1n) is 13.2. The number of hydrogen-bond donors (Lipinski definition) is 0. The first-order valence-corrected chi connectivity index (χ1v) is 17.7.